The van der Waals surface area contributed by atoms with Crippen molar-refractivity contribution in [1.29, 1.82) is 0 Å². The van der Waals surface area contributed by atoms with Crippen molar-refractivity contribution >= 4 is 5.97 Å². The van der Waals surface area contributed by atoms with Crippen LogP contribution in [0.4, 0.5) is 0 Å². The maximum atomic E-state index is 11.5. The Bertz CT molecular complexity index is 377. The molecule has 0 radical (unpaired) electrons. The van der Waals surface area contributed by atoms with Crippen LogP contribution in [0, 0.1) is 0 Å². The molecule has 0 N–H and O–H groups in total. The summed E-state index contributed by atoms with van der Waals surface area (Å²) in [7, 11) is 1.59. The summed E-state index contributed by atoms with van der Waals surface area (Å²) in [5.41, 5.74) is 0.623. The average Bonchev–Trinajstić information content (AvgIpc) is 2.30. The second-order valence-corrected chi connectivity index (χ2v) is 3.36. The molecule has 1 aromatic rings. The van der Waals surface area contributed by atoms with Crippen LogP contribution in [0.25, 0.3) is 0 Å². The van der Waals surface area contributed by atoms with E-state index in [1.54, 1.807) is 38.3 Å². The van der Waals surface area contributed by atoms with Gasteiger partial charge in [-0.05, 0) is 37.6 Å². The minimum Gasteiger partial charge on any atom is -0.497 e. The highest BCUT2D eigenvalue weighted by Crippen LogP contribution is 2.17. The molecule has 0 atom stereocenters. The van der Waals surface area contributed by atoms with Gasteiger partial charge in [0.15, 0.2) is 0 Å². The second-order valence-electron chi connectivity index (χ2n) is 3.36. The number of esters is 1. The van der Waals surface area contributed by atoms with Crippen LogP contribution >= 0.6 is 0 Å². The first kappa shape index (κ1) is 12.3. The largest absolute Gasteiger partial charge is 0.497 e. The molecule has 0 heterocycles. The number of allylic oxidation sites excluding steroid dienone is 1. The molecule has 0 saturated heterocycles. The number of hydrogen-bond acceptors (Lipinski definition) is 3. The van der Waals surface area contributed by atoms with E-state index in [9.17, 15) is 4.79 Å². The second kappa shape index (κ2) is 5.95. The molecular formula is C13H16O3. The van der Waals surface area contributed by atoms with Crippen molar-refractivity contribution in [3.05, 3.63) is 35.9 Å². The average molecular weight is 220 g/mol. The Labute approximate surface area is 95.7 Å². The van der Waals surface area contributed by atoms with E-state index >= 15 is 0 Å². The lowest BCUT2D eigenvalue weighted by Crippen LogP contribution is -2.08. The van der Waals surface area contributed by atoms with E-state index in [4.69, 9.17) is 9.47 Å². The van der Waals surface area contributed by atoms with Gasteiger partial charge in [-0.2, -0.15) is 0 Å². The Kier molecular flexibility index (Phi) is 4.58. The van der Waals surface area contributed by atoms with Crippen LogP contribution in [0.2, 0.25) is 0 Å². The van der Waals surface area contributed by atoms with Gasteiger partial charge in [-0.3, -0.25) is 0 Å². The SMILES string of the molecule is CCC=C(C)C(=O)Oc1ccc(OC)cc1. The van der Waals surface area contributed by atoms with E-state index in [1.807, 2.05) is 13.0 Å². The molecule has 0 aliphatic rings. The summed E-state index contributed by atoms with van der Waals surface area (Å²) < 4.78 is 10.2. The molecule has 0 saturated carbocycles. The molecule has 16 heavy (non-hydrogen) atoms. The predicted molar refractivity (Wildman–Crippen MR) is 62.7 cm³/mol. The molecular weight excluding hydrogens is 204 g/mol. The quantitative estimate of drug-likeness (QED) is 0.444. The standard InChI is InChI=1S/C13H16O3/c1-4-5-10(2)13(14)16-12-8-6-11(15-3)7-9-12/h5-9H,4H2,1-3H3. The minimum atomic E-state index is -0.313. The summed E-state index contributed by atoms with van der Waals surface area (Å²) in [5, 5.41) is 0. The maximum Gasteiger partial charge on any atom is 0.338 e. The van der Waals surface area contributed by atoms with Crippen LogP contribution in [0.3, 0.4) is 0 Å². The summed E-state index contributed by atoms with van der Waals surface area (Å²) >= 11 is 0. The summed E-state index contributed by atoms with van der Waals surface area (Å²) in [6, 6.07) is 6.91. The van der Waals surface area contributed by atoms with Crippen LogP contribution in [0.15, 0.2) is 35.9 Å². The van der Waals surface area contributed by atoms with Gasteiger partial charge in [0.25, 0.3) is 0 Å². The smallest absolute Gasteiger partial charge is 0.338 e. The number of rotatable bonds is 4. The van der Waals surface area contributed by atoms with Crippen LogP contribution in [-0.4, -0.2) is 13.1 Å². The Balaban J connectivity index is 2.66. The molecule has 1 rings (SSSR count). The fourth-order valence-electron chi connectivity index (χ4n) is 1.22. The van der Waals surface area contributed by atoms with Crippen molar-refractivity contribution in [3.63, 3.8) is 0 Å². The molecule has 0 bridgehead atoms. The summed E-state index contributed by atoms with van der Waals surface area (Å²) in [4.78, 5) is 11.5. The van der Waals surface area contributed by atoms with Crippen LogP contribution in [0.1, 0.15) is 20.3 Å². The van der Waals surface area contributed by atoms with Crippen LogP contribution in [0.5, 0.6) is 11.5 Å². The molecule has 1 aromatic carbocycles. The Morgan fingerprint density at radius 2 is 1.81 bits per heavy atom. The fourth-order valence-corrected chi connectivity index (χ4v) is 1.22. The van der Waals surface area contributed by atoms with Crippen molar-refractivity contribution in [2.24, 2.45) is 0 Å². The monoisotopic (exact) mass is 220 g/mol. The first-order valence-corrected chi connectivity index (χ1v) is 5.20. The van der Waals surface area contributed by atoms with E-state index in [-0.39, 0.29) is 5.97 Å². The molecule has 0 spiro atoms. The summed E-state index contributed by atoms with van der Waals surface area (Å²) in [5.74, 6) is 0.947. The Hall–Kier alpha value is -1.77. The van der Waals surface area contributed by atoms with Gasteiger partial charge in [-0.1, -0.05) is 13.0 Å². The van der Waals surface area contributed by atoms with Crippen molar-refractivity contribution < 1.29 is 14.3 Å². The van der Waals surface area contributed by atoms with Gasteiger partial charge in [0, 0.05) is 5.57 Å². The van der Waals surface area contributed by atoms with Gasteiger partial charge in [-0.25, -0.2) is 4.79 Å². The molecule has 86 valence electrons. The lowest BCUT2D eigenvalue weighted by molar-refractivity contribution is -0.130. The molecule has 0 amide bonds. The first-order chi connectivity index (χ1) is 7.67. The maximum absolute atomic E-state index is 11.5. The van der Waals surface area contributed by atoms with E-state index < -0.39 is 0 Å². The van der Waals surface area contributed by atoms with Crippen molar-refractivity contribution in [2.45, 2.75) is 20.3 Å². The zero-order valence-electron chi connectivity index (χ0n) is 9.82. The van der Waals surface area contributed by atoms with Gasteiger partial charge in [0.1, 0.15) is 11.5 Å². The van der Waals surface area contributed by atoms with E-state index in [2.05, 4.69) is 0 Å². The number of carbonyl (C=O) groups excluding carboxylic acids is 1. The highest BCUT2D eigenvalue weighted by molar-refractivity contribution is 5.89. The molecule has 0 aromatic heterocycles. The molecule has 3 nitrogen and oxygen atoms in total. The molecule has 0 aliphatic carbocycles. The molecule has 3 heteroatoms. The van der Waals surface area contributed by atoms with Gasteiger partial charge in [0.2, 0.25) is 0 Å². The van der Waals surface area contributed by atoms with E-state index in [0.717, 1.165) is 12.2 Å². The molecule has 0 fully saturated rings. The predicted octanol–water partition coefficient (Wildman–Crippen LogP) is 2.96. The number of benzene rings is 1. The van der Waals surface area contributed by atoms with Crippen LogP contribution < -0.4 is 9.47 Å². The Morgan fingerprint density at radius 1 is 1.25 bits per heavy atom. The highest BCUT2D eigenvalue weighted by atomic mass is 16.5. The topological polar surface area (TPSA) is 35.5 Å². The molecule has 0 unspecified atom stereocenters. The first-order valence-electron chi connectivity index (χ1n) is 5.20. The van der Waals surface area contributed by atoms with Crippen LogP contribution in [-0.2, 0) is 4.79 Å². The summed E-state index contributed by atoms with van der Waals surface area (Å²) in [6.07, 6.45) is 2.66. The fraction of sp³-hybridized carbons (Fsp3) is 0.308. The lowest BCUT2D eigenvalue weighted by atomic mass is 10.2. The van der Waals surface area contributed by atoms with Gasteiger partial charge < -0.3 is 9.47 Å². The number of carbonyl (C=O) groups is 1. The van der Waals surface area contributed by atoms with E-state index in [0.29, 0.717) is 11.3 Å². The third-order valence-electron chi connectivity index (χ3n) is 2.10. The zero-order chi connectivity index (χ0) is 12.0. The van der Waals surface area contributed by atoms with Crippen molar-refractivity contribution in [3.8, 4) is 11.5 Å². The van der Waals surface area contributed by atoms with Gasteiger partial charge in [0.05, 0.1) is 7.11 Å². The zero-order valence-corrected chi connectivity index (χ0v) is 9.82. The van der Waals surface area contributed by atoms with Crippen molar-refractivity contribution in [2.75, 3.05) is 7.11 Å². The van der Waals surface area contributed by atoms with E-state index in [1.165, 1.54) is 0 Å². The number of hydrogen-bond donors (Lipinski definition) is 0. The number of methoxy groups -OCH3 is 1. The number of ether oxygens (including phenoxy) is 2. The summed E-state index contributed by atoms with van der Waals surface area (Å²) in [6.45, 7) is 3.72. The third kappa shape index (κ3) is 3.42. The van der Waals surface area contributed by atoms with Gasteiger partial charge >= 0.3 is 5.97 Å². The third-order valence-corrected chi connectivity index (χ3v) is 2.10. The normalized spacial score (nSPS) is 11.1. The Morgan fingerprint density at radius 3 is 2.31 bits per heavy atom. The van der Waals surface area contributed by atoms with Gasteiger partial charge in [-0.15, -0.1) is 0 Å². The minimum absolute atomic E-state index is 0.313. The van der Waals surface area contributed by atoms with Crippen molar-refractivity contribution in [1.82, 2.24) is 0 Å². The lowest BCUT2D eigenvalue weighted by Gasteiger charge is -2.05. The highest BCUT2D eigenvalue weighted by Gasteiger charge is 2.06. The molecule has 0 aliphatic heterocycles.